The van der Waals surface area contributed by atoms with E-state index in [9.17, 15) is 9.18 Å². The summed E-state index contributed by atoms with van der Waals surface area (Å²) in [6.07, 6.45) is 0. The Kier molecular flexibility index (Phi) is 3.22. The van der Waals surface area contributed by atoms with Crippen LogP contribution in [0.25, 0.3) is 0 Å². The van der Waals surface area contributed by atoms with Crippen LogP contribution in [0.3, 0.4) is 0 Å². The summed E-state index contributed by atoms with van der Waals surface area (Å²) in [5.74, 6) is -0.967. The Hall–Kier alpha value is -0.680. The van der Waals surface area contributed by atoms with Crippen molar-refractivity contribution in [3.8, 4) is 0 Å². The highest BCUT2D eigenvalue weighted by Crippen LogP contribution is 2.23. The minimum atomic E-state index is -0.967. The largest absolute Gasteiger partial charge is 0.480 e. The molecule has 0 aromatic heterocycles. The lowest BCUT2D eigenvalue weighted by molar-refractivity contribution is -0.164. The molecule has 0 aromatic carbocycles. The monoisotopic (exact) mass is 191 g/mol. The average molecular weight is 191 g/mol. The molecule has 0 radical (unpaired) electrons. The predicted octanol–water partition coefficient (Wildman–Crippen LogP) is 0.131. The van der Waals surface area contributed by atoms with Crippen molar-refractivity contribution in [3.63, 3.8) is 0 Å². The molecule has 1 saturated heterocycles. The zero-order valence-corrected chi connectivity index (χ0v) is 7.62. The molecule has 0 bridgehead atoms. The Morgan fingerprint density at radius 3 is 2.77 bits per heavy atom. The number of hydrogen-bond acceptors (Lipinski definition) is 3. The van der Waals surface area contributed by atoms with E-state index in [2.05, 4.69) is 0 Å². The maximum Gasteiger partial charge on any atom is 0.329 e. The second-order valence-electron chi connectivity index (χ2n) is 3.53. The van der Waals surface area contributed by atoms with Crippen molar-refractivity contribution in [2.45, 2.75) is 12.5 Å². The third-order valence-corrected chi connectivity index (χ3v) is 2.06. The van der Waals surface area contributed by atoms with E-state index in [1.807, 2.05) is 11.8 Å². The number of halogens is 1. The van der Waals surface area contributed by atoms with E-state index >= 15 is 0 Å². The Morgan fingerprint density at radius 2 is 2.31 bits per heavy atom. The molecule has 13 heavy (non-hydrogen) atoms. The van der Waals surface area contributed by atoms with E-state index in [-0.39, 0.29) is 13.3 Å². The molecule has 76 valence electrons. The van der Waals surface area contributed by atoms with E-state index < -0.39 is 11.6 Å². The number of ether oxygens (including phenoxy) is 1. The fourth-order valence-electron chi connectivity index (χ4n) is 1.50. The van der Waals surface area contributed by atoms with E-state index in [0.717, 1.165) is 0 Å². The number of likely N-dealkylation sites (tertiary alicyclic amines) is 1. The van der Waals surface area contributed by atoms with E-state index in [0.29, 0.717) is 19.6 Å². The first-order valence-electron chi connectivity index (χ1n) is 4.20. The van der Waals surface area contributed by atoms with Crippen LogP contribution in [0.5, 0.6) is 0 Å². The first-order chi connectivity index (χ1) is 6.06. The summed E-state index contributed by atoms with van der Waals surface area (Å²) >= 11 is 0. The van der Waals surface area contributed by atoms with Crippen molar-refractivity contribution in [2.75, 3.05) is 32.9 Å². The number of carboxylic acids is 1. The lowest BCUT2D eigenvalue weighted by Gasteiger charge is -2.46. The van der Waals surface area contributed by atoms with Gasteiger partial charge in [-0.15, -0.1) is 0 Å². The molecular weight excluding hydrogens is 177 g/mol. The highest BCUT2D eigenvalue weighted by atomic mass is 19.1. The SMILES string of the molecule is CC1(OCC(=O)O)CN(CCF)C1. The third-order valence-electron chi connectivity index (χ3n) is 2.06. The molecule has 0 atom stereocenters. The highest BCUT2D eigenvalue weighted by molar-refractivity contribution is 5.68. The van der Waals surface area contributed by atoms with Crippen LogP contribution in [0.2, 0.25) is 0 Å². The molecule has 1 fully saturated rings. The fraction of sp³-hybridized carbons (Fsp3) is 0.875. The summed E-state index contributed by atoms with van der Waals surface area (Å²) in [7, 11) is 0. The molecule has 1 rings (SSSR count). The van der Waals surface area contributed by atoms with Crippen LogP contribution in [-0.2, 0) is 9.53 Å². The maximum absolute atomic E-state index is 11.9. The summed E-state index contributed by atoms with van der Waals surface area (Å²) in [5.41, 5.74) is -0.395. The van der Waals surface area contributed by atoms with Crippen molar-refractivity contribution >= 4 is 5.97 Å². The summed E-state index contributed by atoms with van der Waals surface area (Å²) in [5, 5.41) is 8.37. The van der Waals surface area contributed by atoms with E-state index in [4.69, 9.17) is 9.84 Å². The smallest absolute Gasteiger partial charge is 0.329 e. The standard InChI is InChI=1S/C8H14FNO3/c1-8(13-4-7(11)12)5-10(6-8)3-2-9/h2-6H2,1H3,(H,11,12). The molecule has 0 spiro atoms. The molecule has 1 aliphatic heterocycles. The van der Waals surface area contributed by atoms with Gasteiger partial charge in [0.1, 0.15) is 13.3 Å². The summed E-state index contributed by atoms with van der Waals surface area (Å²) < 4.78 is 17.0. The molecule has 1 aliphatic rings. The van der Waals surface area contributed by atoms with E-state index in [1.165, 1.54) is 0 Å². The molecule has 4 nitrogen and oxygen atoms in total. The van der Waals surface area contributed by atoms with Gasteiger partial charge in [-0.1, -0.05) is 0 Å². The highest BCUT2D eigenvalue weighted by Gasteiger charge is 2.39. The molecule has 0 aliphatic carbocycles. The molecule has 1 N–H and O–H groups in total. The summed E-state index contributed by atoms with van der Waals surface area (Å²) in [6.45, 7) is 2.83. The normalized spacial score (nSPS) is 21.1. The Labute approximate surface area is 76.3 Å². The Bertz CT molecular complexity index is 192. The molecule has 0 unspecified atom stereocenters. The van der Waals surface area contributed by atoms with Crippen LogP contribution in [-0.4, -0.2) is 54.5 Å². The lowest BCUT2D eigenvalue weighted by atomic mass is 9.97. The van der Waals surface area contributed by atoms with Crippen LogP contribution in [0.15, 0.2) is 0 Å². The zero-order chi connectivity index (χ0) is 9.90. The molecule has 0 saturated carbocycles. The van der Waals surface area contributed by atoms with Crippen LogP contribution >= 0.6 is 0 Å². The Morgan fingerprint density at radius 1 is 1.69 bits per heavy atom. The van der Waals surface area contributed by atoms with Crippen molar-refractivity contribution in [1.29, 1.82) is 0 Å². The first kappa shape index (κ1) is 10.4. The summed E-state index contributed by atoms with van der Waals surface area (Å²) in [4.78, 5) is 12.1. The van der Waals surface area contributed by atoms with E-state index in [1.54, 1.807) is 0 Å². The second kappa shape index (κ2) is 4.02. The Balaban J connectivity index is 2.18. The average Bonchev–Trinajstić information content (AvgIpc) is 1.99. The number of rotatable bonds is 5. The maximum atomic E-state index is 11.9. The van der Waals surface area contributed by atoms with Crippen molar-refractivity contribution in [2.24, 2.45) is 0 Å². The fourth-order valence-corrected chi connectivity index (χ4v) is 1.50. The van der Waals surface area contributed by atoms with Gasteiger partial charge in [0.15, 0.2) is 0 Å². The first-order valence-corrected chi connectivity index (χ1v) is 4.20. The molecular formula is C8H14FNO3. The topological polar surface area (TPSA) is 49.8 Å². The number of carbonyl (C=O) groups is 1. The van der Waals surface area contributed by atoms with Gasteiger partial charge < -0.3 is 9.84 Å². The predicted molar refractivity (Wildman–Crippen MR) is 44.4 cm³/mol. The van der Waals surface area contributed by atoms with Gasteiger partial charge in [-0.2, -0.15) is 0 Å². The summed E-state index contributed by atoms with van der Waals surface area (Å²) in [6, 6.07) is 0. The van der Waals surface area contributed by atoms with Crippen LogP contribution in [0.1, 0.15) is 6.92 Å². The van der Waals surface area contributed by atoms with Crippen LogP contribution in [0.4, 0.5) is 4.39 Å². The number of alkyl halides is 1. The third kappa shape index (κ3) is 2.93. The molecule has 0 aromatic rings. The minimum Gasteiger partial charge on any atom is -0.480 e. The van der Waals surface area contributed by atoms with Gasteiger partial charge in [-0.3, -0.25) is 4.90 Å². The van der Waals surface area contributed by atoms with Gasteiger partial charge in [-0.25, -0.2) is 9.18 Å². The number of aliphatic carboxylic acids is 1. The van der Waals surface area contributed by atoms with Gasteiger partial charge in [0, 0.05) is 19.6 Å². The van der Waals surface area contributed by atoms with Crippen molar-refractivity contribution in [3.05, 3.63) is 0 Å². The zero-order valence-electron chi connectivity index (χ0n) is 7.62. The molecule has 5 heteroatoms. The number of nitrogens with zero attached hydrogens (tertiary/aromatic N) is 1. The van der Waals surface area contributed by atoms with Gasteiger partial charge >= 0.3 is 5.97 Å². The van der Waals surface area contributed by atoms with Gasteiger partial charge in [0.2, 0.25) is 0 Å². The minimum absolute atomic E-state index is 0.278. The number of hydrogen-bond donors (Lipinski definition) is 1. The second-order valence-corrected chi connectivity index (χ2v) is 3.53. The van der Waals surface area contributed by atoms with Crippen LogP contribution < -0.4 is 0 Å². The van der Waals surface area contributed by atoms with Crippen molar-refractivity contribution < 1.29 is 19.0 Å². The molecule has 1 heterocycles. The van der Waals surface area contributed by atoms with Gasteiger partial charge in [-0.05, 0) is 6.92 Å². The molecule has 0 amide bonds. The quantitative estimate of drug-likeness (QED) is 0.671. The number of carboxylic acid groups (broad SMARTS) is 1. The van der Waals surface area contributed by atoms with Gasteiger partial charge in [0.05, 0.1) is 5.60 Å². The van der Waals surface area contributed by atoms with Crippen molar-refractivity contribution in [1.82, 2.24) is 4.90 Å². The lowest BCUT2D eigenvalue weighted by Crippen LogP contribution is -2.62. The van der Waals surface area contributed by atoms with Crippen LogP contribution in [0, 0.1) is 0 Å². The van der Waals surface area contributed by atoms with Gasteiger partial charge in [0.25, 0.3) is 0 Å².